The second kappa shape index (κ2) is 13.9. The molecule has 0 unspecified atom stereocenters. The highest BCUT2D eigenvalue weighted by molar-refractivity contribution is 5.51. The topological polar surface area (TPSA) is 61.7 Å². The van der Waals surface area contributed by atoms with Gasteiger partial charge in [-0.25, -0.2) is 0 Å². The summed E-state index contributed by atoms with van der Waals surface area (Å²) < 4.78 is 7.66. The lowest BCUT2D eigenvalue weighted by Gasteiger charge is -2.44. The van der Waals surface area contributed by atoms with Crippen molar-refractivity contribution in [2.75, 3.05) is 0 Å². The van der Waals surface area contributed by atoms with E-state index in [2.05, 4.69) is 158 Å². The molecule has 0 aromatic heterocycles. The first-order chi connectivity index (χ1) is 25.2. The molecule has 1 fully saturated rings. The quantitative estimate of drug-likeness (QED) is 0.148. The van der Waals surface area contributed by atoms with Gasteiger partial charge in [0.2, 0.25) is 0 Å². The number of aliphatic hydroxyl groups is 2. The molecule has 2 atom stereocenters. The summed E-state index contributed by atoms with van der Waals surface area (Å²) >= 11 is 0. The van der Waals surface area contributed by atoms with Gasteiger partial charge in [0.25, 0.3) is 0 Å². The van der Waals surface area contributed by atoms with Crippen LogP contribution in [0.15, 0.2) is 133 Å². The van der Waals surface area contributed by atoms with Gasteiger partial charge >= 0.3 is 0 Å². The van der Waals surface area contributed by atoms with Crippen molar-refractivity contribution in [3.63, 3.8) is 0 Å². The summed E-state index contributed by atoms with van der Waals surface area (Å²) in [4.78, 5) is 0. The van der Waals surface area contributed by atoms with Gasteiger partial charge in [-0.1, -0.05) is 178 Å². The summed E-state index contributed by atoms with van der Waals surface area (Å²) in [6.07, 6.45) is -1.03. The SMILES string of the molecule is Cc1cc(C)cc(C(O)(c2cc(C)cc(C)c2)[C@@H]2NC(c3ccccc3)(c3ccccc3)O[C@H]2C(O)(c2cc(C)cc(C)c2)c2cc(C)cc(C)c2)c1. The van der Waals surface area contributed by atoms with Crippen LogP contribution in [-0.2, 0) is 21.7 Å². The largest absolute Gasteiger partial charge is 0.379 e. The third kappa shape index (κ3) is 6.55. The zero-order chi connectivity index (χ0) is 37.7. The molecule has 4 heteroatoms. The van der Waals surface area contributed by atoms with Gasteiger partial charge in [0, 0.05) is 11.1 Å². The number of ether oxygens (including phenoxy) is 1. The van der Waals surface area contributed by atoms with Gasteiger partial charge in [-0.2, -0.15) is 0 Å². The van der Waals surface area contributed by atoms with Gasteiger partial charge in [0.15, 0.2) is 5.72 Å². The number of benzene rings is 6. The number of rotatable bonds is 8. The molecule has 1 heterocycles. The van der Waals surface area contributed by atoms with Gasteiger partial charge in [-0.05, 0) is 77.6 Å². The first kappa shape index (κ1) is 36.5. The molecule has 3 N–H and O–H groups in total. The number of aryl methyl sites for hydroxylation is 8. The van der Waals surface area contributed by atoms with E-state index in [4.69, 9.17) is 4.74 Å². The van der Waals surface area contributed by atoms with Crippen molar-refractivity contribution in [3.05, 3.63) is 211 Å². The molecule has 0 bridgehead atoms. The summed E-state index contributed by atoms with van der Waals surface area (Å²) in [5.41, 5.74) is 8.19. The Morgan fingerprint density at radius 3 is 1.02 bits per heavy atom. The molecule has 270 valence electrons. The van der Waals surface area contributed by atoms with Crippen LogP contribution in [0.3, 0.4) is 0 Å². The first-order valence-corrected chi connectivity index (χ1v) is 18.6. The molecule has 0 spiro atoms. The minimum Gasteiger partial charge on any atom is -0.379 e. The van der Waals surface area contributed by atoms with E-state index in [0.29, 0.717) is 11.1 Å². The van der Waals surface area contributed by atoms with E-state index in [9.17, 15) is 10.2 Å². The molecule has 6 aromatic rings. The van der Waals surface area contributed by atoms with Crippen molar-refractivity contribution in [2.45, 2.75) is 84.5 Å². The van der Waals surface area contributed by atoms with E-state index in [-0.39, 0.29) is 0 Å². The highest BCUT2D eigenvalue weighted by Gasteiger charge is 2.63. The van der Waals surface area contributed by atoms with Crippen molar-refractivity contribution in [1.82, 2.24) is 5.32 Å². The van der Waals surface area contributed by atoms with E-state index >= 15 is 0 Å². The third-order valence-corrected chi connectivity index (χ3v) is 10.8. The predicted molar refractivity (Wildman–Crippen MR) is 215 cm³/mol. The molecule has 0 saturated carbocycles. The van der Waals surface area contributed by atoms with E-state index in [1.54, 1.807) is 0 Å². The highest BCUT2D eigenvalue weighted by Crippen LogP contribution is 2.52. The van der Waals surface area contributed by atoms with Gasteiger partial charge in [-0.3, -0.25) is 5.32 Å². The molecule has 1 saturated heterocycles. The van der Waals surface area contributed by atoms with Crippen molar-refractivity contribution < 1.29 is 14.9 Å². The van der Waals surface area contributed by atoms with Gasteiger partial charge in [0.1, 0.15) is 17.3 Å². The minimum absolute atomic E-state index is 0.705. The predicted octanol–water partition coefficient (Wildman–Crippen LogP) is 9.58. The fraction of sp³-hybridized carbons (Fsp3) is 0.265. The Balaban J connectivity index is 1.63. The maximum atomic E-state index is 14.1. The molecule has 1 aliphatic rings. The zero-order valence-electron chi connectivity index (χ0n) is 32.2. The Kier molecular flexibility index (Phi) is 9.55. The standard InChI is InChI=1S/C49H51NO3/c1-31-19-32(2)24-41(23-31)47(51,42-25-33(3)20-34(4)26-42)45-46(53-49(50-45,39-15-11-9-12-16-39)40-17-13-10-14-18-40)48(52,43-27-35(5)21-36(6)28-43)44-29-37(7)22-38(8)30-44/h9-30,45-46,50-52H,1-8H3/t45-,46-/m1/s1. The lowest BCUT2D eigenvalue weighted by Crippen LogP contribution is -2.59. The van der Waals surface area contributed by atoms with Crippen LogP contribution in [0.1, 0.15) is 77.9 Å². The van der Waals surface area contributed by atoms with E-state index in [0.717, 1.165) is 66.8 Å². The minimum atomic E-state index is -1.73. The third-order valence-electron chi connectivity index (χ3n) is 10.8. The Hall–Kier alpha value is -4.84. The summed E-state index contributed by atoms with van der Waals surface area (Å²) in [6.45, 7) is 16.5. The Labute approximate surface area is 315 Å². The summed E-state index contributed by atoms with van der Waals surface area (Å²) in [5.74, 6) is 0. The average molecular weight is 702 g/mol. The number of hydrogen-bond acceptors (Lipinski definition) is 4. The van der Waals surface area contributed by atoms with Crippen LogP contribution in [0, 0.1) is 55.4 Å². The van der Waals surface area contributed by atoms with E-state index < -0.39 is 29.1 Å². The van der Waals surface area contributed by atoms with Gasteiger partial charge < -0.3 is 14.9 Å². The van der Waals surface area contributed by atoms with Crippen molar-refractivity contribution in [1.29, 1.82) is 0 Å². The van der Waals surface area contributed by atoms with Crippen molar-refractivity contribution >= 4 is 0 Å². The normalized spacial score (nSPS) is 17.2. The lowest BCUT2D eigenvalue weighted by atomic mass is 9.69. The first-order valence-electron chi connectivity index (χ1n) is 18.6. The molecule has 6 aromatic carbocycles. The summed E-state index contributed by atoms with van der Waals surface area (Å²) in [5, 5.41) is 32.1. The maximum absolute atomic E-state index is 14.1. The second-order valence-corrected chi connectivity index (χ2v) is 15.6. The Bertz CT molecular complexity index is 1930. The monoisotopic (exact) mass is 701 g/mol. The molecular formula is C49H51NO3. The average Bonchev–Trinajstić information content (AvgIpc) is 3.53. The summed E-state index contributed by atoms with van der Waals surface area (Å²) in [6, 6.07) is 44.4. The Morgan fingerprint density at radius 2 is 0.717 bits per heavy atom. The van der Waals surface area contributed by atoms with Crippen LogP contribution < -0.4 is 5.32 Å². The molecule has 53 heavy (non-hydrogen) atoms. The molecule has 0 amide bonds. The maximum Gasteiger partial charge on any atom is 0.172 e. The van der Waals surface area contributed by atoms with Crippen LogP contribution in [0.4, 0.5) is 0 Å². The van der Waals surface area contributed by atoms with E-state index in [1.165, 1.54) is 0 Å². The van der Waals surface area contributed by atoms with Crippen LogP contribution in [-0.4, -0.2) is 22.4 Å². The smallest absolute Gasteiger partial charge is 0.172 e. The lowest BCUT2D eigenvalue weighted by molar-refractivity contribution is -0.130. The second-order valence-electron chi connectivity index (χ2n) is 15.6. The van der Waals surface area contributed by atoms with Crippen molar-refractivity contribution in [2.24, 2.45) is 0 Å². The van der Waals surface area contributed by atoms with Crippen LogP contribution >= 0.6 is 0 Å². The van der Waals surface area contributed by atoms with Gasteiger partial charge in [-0.15, -0.1) is 0 Å². The van der Waals surface area contributed by atoms with E-state index in [1.807, 2.05) is 36.4 Å². The molecule has 4 nitrogen and oxygen atoms in total. The molecule has 0 radical (unpaired) electrons. The molecule has 7 rings (SSSR count). The number of hydrogen-bond donors (Lipinski definition) is 3. The van der Waals surface area contributed by atoms with Crippen LogP contribution in [0.2, 0.25) is 0 Å². The van der Waals surface area contributed by atoms with Crippen LogP contribution in [0.25, 0.3) is 0 Å². The fourth-order valence-corrected chi connectivity index (χ4v) is 8.85. The van der Waals surface area contributed by atoms with Gasteiger partial charge in [0.05, 0.1) is 6.04 Å². The summed E-state index contributed by atoms with van der Waals surface area (Å²) in [7, 11) is 0. The molecular weight excluding hydrogens is 651 g/mol. The Morgan fingerprint density at radius 1 is 0.434 bits per heavy atom. The highest BCUT2D eigenvalue weighted by atomic mass is 16.6. The van der Waals surface area contributed by atoms with Crippen molar-refractivity contribution in [3.8, 4) is 0 Å². The molecule has 0 aliphatic carbocycles. The zero-order valence-corrected chi connectivity index (χ0v) is 32.2. The molecule has 1 aliphatic heterocycles. The van der Waals surface area contributed by atoms with Crippen LogP contribution in [0.5, 0.6) is 0 Å². The fourth-order valence-electron chi connectivity index (χ4n) is 8.85. The number of nitrogens with one attached hydrogen (secondary N) is 1.